The van der Waals surface area contributed by atoms with Gasteiger partial charge in [-0.1, -0.05) is 12.8 Å². The first-order valence-electron chi connectivity index (χ1n) is 7.26. The number of ether oxygens (including phenoxy) is 1. The molecule has 1 aromatic rings. The third kappa shape index (κ3) is 2.18. The predicted octanol–water partition coefficient (Wildman–Crippen LogP) is 1.20. The lowest BCUT2D eigenvalue weighted by atomic mass is 9.71. The summed E-state index contributed by atoms with van der Waals surface area (Å²) in [6.07, 6.45) is 6.60. The summed E-state index contributed by atoms with van der Waals surface area (Å²) >= 11 is 0. The molecule has 2 fully saturated rings. The molecule has 3 rings (SSSR count). The van der Waals surface area contributed by atoms with Crippen molar-refractivity contribution in [1.82, 2.24) is 9.97 Å². The first-order valence-corrected chi connectivity index (χ1v) is 7.26. The zero-order chi connectivity index (χ0) is 14.2. The molecule has 2 heterocycles. The quantitative estimate of drug-likeness (QED) is 0.845. The molecule has 1 aliphatic carbocycles. The number of nitrogen functional groups attached to an aromatic ring is 1. The largest absolute Gasteiger partial charge is 0.479 e. The highest BCUT2D eigenvalue weighted by molar-refractivity contribution is 5.67. The van der Waals surface area contributed by atoms with Gasteiger partial charge < -0.3 is 20.5 Å². The van der Waals surface area contributed by atoms with Crippen LogP contribution in [0, 0.1) is 5.92 Å². The first kappa shape index (κ1) is 13.4. The Bertz CT molecular complexity index is 496. The third-order valence-corrected chi connectivity index (χ3v) is 4.75. The summed E-state index contributed by atoms with van der Waals surface area (Å²) in [7, 11) is 1.55. The van der Waals surface area contributed by atoms with Crippen LogP contribution < -0.4 is 15.4 Å². The van der Waals surface area contributed by atoms with E-state index in [0.29, 0.717) is 17.5 Å². The highest BCUT2D eigenvalue weighted by Crippen LogP contribution is 2.41. The lowest BCUT2D eigenvalue weighted by molar-refractivity contribution is -0.0613. The molecule has 6 nitrogen and oxygen atoms in total. The molecule has 1 aromatic heterocycles. The molecule has 1 saturated heterocycles. The van der Waals surface area contributed by atoms with Crippen LogP contribution in [0.5, 0.6) is 5.88 Å². The number of aromatic nitrogens is 2. The molecule has 20 heavy (non-hydrogen) atoms. The van der Waals surface area contributed by atoms with E-state index in [1.165, 1.54) is 12.7 Å². The van der Waals surface area contributed by atoms with Crippen LogP contribution in [-0.4, -0.2) is 40.9 Å². The number of piperidine rings is 1. The molecule has 2 unspecified atom stereocenters. The summed E-state index contributed by atoms with van der Waals surface area (Å²) in [5.74, 6) is 1.45. The Hall–Kier alpha value is -1.56. The molecule has 0 spiro atoms. The summed E-state index contributed by atoms with van der Waals surface area (Å²) in [5.41, 5.74) is 6.07. The monoisotopic (exact) mass is 278 g/mol. The molecule has 1 aliphatic heterocycles. The Kier molecular flexibility index (Phi) is 3.41. The molecular formula is C14H22N4O2. The zero-order valence-electron chi connectivity index (χ0n) is 11.9. The average Bonchev–Trinajstić information content (AvgIpc) is 2.47. The standard InChI is InChI=1S/C14H22N4O2/c1-20-13-11(15)12(16-9-17-13)18-7-6-14(19)5-3-2-4-10(14)8-18/h9-10,19H,2-8,15H2,1H3. The van der Waals surface area contributed by atoms with Gasteiger partial charge in [-0.15, -0.1) is 0 Å². The SMILES string of the molecule is COc1ncnc(N2CCC3(O)CCCCC3C2)c1N. The number of anilines is 2. The maximum absolute atomic E-state index is 10.7. The molecular weight excluding hydrogens is 256 g/mol. The number of methoxy groups -OCH3 is 1. The summed E-state index contributed by atoms with van der Waals surface area (Å²) < 4.78 is 5.15. The maximum atomic E-state index is 10.7. The fourth-order valence-corrected chi connectivity index (χ4v) is 3.55. The van der Waals surface area contributed by atoms with Crippen LogP contribution in [0.1, 0.15) is 32.1 Å². The molecule has 0 amide bonds. The van der Waals surface area contributed by atoms with Crippen LogP contribution in [0.2, 0.25) is 0 Å². The maximum Gasteiger partial charge on any atom is 0.242 e. The van der Waals surface area contributed by atoms with Crippen LogP contribution in [-0.2, 0) is 0 Å². The minimum atomic E-state index is -0.485. The van der Waals surface area contributed by atoms with E-state index in [0.717, 1.165) is 44.6 Å². The number of aliphatic hydroxyl groups is 1. The number of nitrogens with zero attached hydrogens (tertiary/aromatic N) is 3. The smallest absolute Gasteiger partial charge is 0.242 e. The van der Waals surface area contributed by atoms with E-state index in [2.05, 4.69) is 14.9 Å². The van der Waals surface area contributed by atoms with Crippen LogP contribution >= 0.6 is 0 Å². The second-order valence-corrected chi connectivity index (χ2v) is 5.86. The van der Waals surface area contributed by atoms with Crippen molar-refractivity contribution in [2.45, 2.75) is 37.7 Å². The zero-order valence-corrected chi connectivity index (χ0v) is 11.9. The Balaban J connectivity index is 1.83. The Morgan fingerprint density at radius 1 is 1.40 bits per heavy atom. The van der Waals surface area contributed by atoms with Crippen molar-refractivity contribution < 1.29 is 9.84 Å². The lowest BCUT2D eigenvalue weighted by Gasteiger charge is -2.47. The number of hydrogen-bond acceptors (Lipinski definition) is 6. The van der Waals surface area contributed by atoms with E-state index >= 15 is 0 Å². The molecule has 110 valence electrons. The van der Waals surface area contributed by atoms with Gasteiger partial charge in [-0.25, -0.2) is 4.98 Å². The van der Waals surface area contributed by atoms with Crippen molar-refractivity contribution in [3.8, 4) is 5.88 Å². The van der Waals surface area contributed by atoms with Gasteiger partial charge >= 0.3 is 0 Å². The van der Waals surface area contributed by atoms with Gasteiger partial charge in [-0.3, -0.25) is 0 Å². The van der Waals surface area contributed by atoms with E-state index in [1.807, 2.05) is 0 Å². The summed E-state index contributed by atoms with van der Waals surface area (Å²) in [6.45, 7) is 1.58. The van der Waals surface area contributed by atoms with Crippen LogP contribution in [0.4, 0.5) is 11.5 Å². The fourth-order valence-electron chi connectivity index (χ4n) is 3.55. The van der Waals surface area contributed by atoms with Crippen molar-refractivity contribution in [1.29, 1.82) is 0 Å². The lowest BCUT2D eigenvalue weighted by Crippen LogP contribution is -2.53. The highest BCUT2D eigenvalue weighted by atomic mass is 16.5. The average molecular weight is 278 g/mol. The molecule has 6 heteroatoms. The molecule has 3 N–H and O–H groups in total. The van der Waals surface area contributed by atoms with Crippen molar-refractivity contribution in [2.24, 2.45) is 5.92 Å². The second-order valence-electron chi connectivity index (χ2n) is 5.86. The van der Waals surface area contributed by atoms with Crippen LogP contribution in [0.25, 0.3) is 0 Å². The minimum absolute atomic E-state index is 0.311. The molecule has 0 bridgehead atoms. The molecule has 2 atom stereocenters. The third-order valence-electron chi connectivity index (χ3n) is 4.75. The van der Waals surface area contributed by atoms with Crippen molar-refractivity contribution in [2.75, 3.05) is 30.8 Å². The second kappa shape index (κ2) is 5.09. The van der Waals surface area contributed by atoms with Gasteiger partial charge in [-0.2, -0.15) is 4.98 Å². The number of hydrogen-bond donors (Lipinski definition) is 2. The van der Waals surface area contributed by atoms with Crippen LogP contribution in [0.3, 0.4) is 0 Å². The Morgan fingerprint density at radius 2 is 2.25 bits per heavy atom. The normalized spacial score (nSPS) is 29.9. The topological polar surface area (TPSA) is 84.5 Å². The van der Waals surface area contributed by atoms with E-state index in [4.69, 9.17) is 10.5 Å². The number of fused-ring (bicyclic) bond motifs is 1. The van der Waals surface area contributed by atoms with E-state index < -0.39 is 5.60 Å². The first-order chi connectivity index (χ1) is 9.64. The van der Waals surface area contributed by atoms with Gasteiger partial charge in [0.2, 0.25) is 5.88 Å². The van der Waals surface area contributed by atoms with Gasteiger partial charge in [0.1, 0.15) is 12.0 Å². The molecule has 1 saturated carbocycles. The van der Waals surface area contributed by atoms with Gasteiger partial charge in [0, 0.05) is 19.0 Å². The van der Waals surface area contributed by atoms with E-state index in [9.17, 15) is 5.11 Å². The van der Waals surface area contributed by atoms with Crippen molar-refractivity contribution >= 4 is 11.5 Å². The van der Waals surface area contributed by atoms with Gasteiger partial charge in [0.05, 0.1) is 12.7 Å². The van der Waals surface area contributed by atoms with Crippen LogP contribution in [0.15, 0.2) is 6.33 Å². The molecule has 0 radical (unpaired) electrons. The molecule has 2 aliphatic rings. The number of nitrogens with two attached hydrogens (primary N) is 1. The number of rotatable bonds is 2. The van der Waals surface area contributed by atoms with Gasteiger partial charge in [0.25, 0.3) is 0 Å². The Morgan fingerprint density at radius 3 is 3.05 bits per heavy atom. The summed E-state index contributed by atoms with van der Waals surface area (Å²) in [4.78, 5) is 10.5. The van der Waals surface area contributed by atoms with Gasteiger partial charge in [0.15, 0.2) is 5.82 Å². The highest BCUT2D eigenvalue weighted by Gasteiger charge is 2.43. The summed E-state index contributed by atoms with van der Waals surface area (Å²) in [6, 6.07) is 0. The van der Waals surface area contributed by atoms with Gasteiger partial charge in [-0.05, 0) is 19.3 Å². The van der Waals surface area contributed by atoms with E-state index in [1.54, 1.807) is 7.11 Å². The Labute approximate surface area is 119 Å². The molecule has 0 aromatic carbocycles. The minimum Gasteiger partial charge on any atom is -0.479 e. The predicted molar refractivity (Wildman–Crippen MR) is 76.7 cm³/mol. The van der Waals surface area contributed by atoms with E-state index in [-0.39, 0.29) is 0 Å². The summed E-state index contributed by atoms with van der Waals surface area (Å²) in [5, 5.41) is 10.7. The fraction of sp³-hybridized carbons (Fsp3) is 0.714. The van der Waals surface area contributed by atoms with Crippen molar-refractivity contribution in [3.05, 3.63) is 6.33 Å². The van der Waals surface area contributed by atoms with Crippen molar-refractivity contribution in [3.63, 3.8) is 0 Å².